The number of benzene rings is 1. The van der Waals surface area contributed by atoms with E-state index in [1.807, 2.05) is 25.1 Å². The van der Waals surface area contributed by atoms with Crippen molar-refractivity contribution in [2.75, 3.05) is 18.5 Å². The van der Waals surface area contributed by atoms with Gasteiger partial charge in [-0.15, -0.1) is 0 Å². The molecule has 1 atom stereocenters. The predicted molar refractivity (Wildman–Crippen MR) is 78.0 cm³/mol. The van der Waals surface area contributed by atoms with Crippen LogP contribution < -0.4 is 15.4 Å². The third-order valence-electron chi connectivity index (χ3n) is 3.33. The van der Waals surface area contributed by atoms with Crippen LogP contribution in [0.5, 0.6) is 5.75 Å². The van der Waals surface area contributed by atoms with Crippen molar-refractivity contribution in [2.24, 2.45) is 5.92 Å². The van der Waals surface area contributed by atoms with E-state index in [-0.39, 0.29) is 12.1 Å². The van der Waals surface area contributed by atoms with Crippen molar-refractivity contribution in [3.05, 3.63) is 24.3 Å². The topological polar surface area (TPSA) is 70.6 Å². The normalized spacial score (nSPS) is 15.5. The van der Waals surface area contributed by atoms with Gasteiger partial charge in [-0.1, -0.05) is 12.1 Å². The average molecular weight is 278 g/mol. The van der Waals surface area contributed by atoms with Gasteiger partial charge >= 0.3 is 6.03 Å². The largest absolute Gasteiger partial charge is 0.492 e. The number of amides is 2. The third-order valence-corrected chi connectivity index (χ3v) is 3.33. The lowest BCUT2D eigenvalue weighted by Crippen LogP contribution is -2.31. The summed E-state index contributed by atoms with van der Waals surface area (Å²) in [5, 5.41) is 15.2. The zero-order valence-corrected chi connectivity index (χ0v) is 11.8. The quantitative estimate of drug-likeness (QED) is 0.717. The van der Waals surface area contributed by atoms with Crippen molar-refractivity contribution in [3.63, 3.8) is 0 Å². The van der Waals surface area contributed by atoms with Crippen molar-refractivity contribution < 1.29 is 14.6 Å². The molecule has 0 bridgehead atoms. The van der Waals surface area contributed by atoms with Gasteiger partial charge in [0.2, 0.25) is 0 Å². The van der Waals surface area contributed by atoms with Crippen LogP contribution >= 0.6 is 0 Å². The van der Waals surface area contributed by atoms with Gasteiger partial charge in [0.25, 0.3) is 0 Å². The highest BCUT2D eigenvalue weighted by Crippen LogP contribution is 2.33. The number of hydrogen-bond acceptors (Lipinski definition) is 3. The van der Waals surface area contributed by atoms with Gasteiger partial charge in [0.1, 0.15) is 5.75 Å². The Kier molecular flexibility index (Phi) is 5.24. The van der Waals surface area contributed by atoms with Gasteiger partial charge in [-0.2, -0.15) is 0 Å². The Morgan fingerprint density at radius 2 is 2.20 bits per heavy atom. The molecule has 0 spiro atoms. The highest BCUT2D eigenvalue weighted by Gasteiger charge is 2.29. The molecule has 1 aromatic rings. The number of ether oxygens (including phenoxy) is 1. The van der Waals surface area contributed by atoms with Crippen molar-refractivity contribution >= 4 is 11.7 Å². The SMILES string of the molecule is CCOc1ccccc1NC(=O)NCC[C@@H](O)C1CC1. The Bertz CT molecular complexity index is 446. The van der Waals surface area contributed by atoms with Crippen LogP contribution in [0.4, 0.5) is 10.5 Å². The molecule has 1 aromatic carbocycles. The maximum atomic E-state index is 11.8. The van der Waals surface area contributed by atoms with Crippen LogP contribution in [-0.4, -0.2) is 30.4 Å². The highest BCUT2D eigenvalue weighted by molar-refractivity contribution is 5.90. The Balaban J connectivity index is 1.75. The average Bonchev–Trinajstić information content (AvgIpc) is 3.25. The van der Waals surface area contributed by atoms with Crippen LogP contribution in [0.15, 0.2) is 24.3 Å². The number of carbonyl (C=O) groups excluding carboxylic acids is 1. The number of aliphatic hydroxyl groups excluding tert-OH is 1. The number of anilines is 1. The fourth-order valence-electron chi connectivity index (χ4n) is 2.07. The van der Waals surface area contributed by atoms with Gasteiger partial charge < -0.3 is 20.5 Å². The molecule has 5 nitrogen and oxygen atoms in total. The Hall–Kier alpha value is -1.75. The van der Waals surface area contributed by atoms with Crippen LogP contribution in [-0.2, 0) is 0 Å². The molecule has 0 unspecified atom stereocenters. The van der Waals surface area contributed by atoms with Crippen molar-refractivity contribution in [1.29, 1.82) is 0 Å². The number of rotatable bonds is 7. The van der Waals surface area contributed by atoms with Crippen molar-refractivity contribution in [2.45, 2.75) is 32.3 Å². The number of carbonyl (C=O) groups is 1. The second kappa shape index (κ2) is 7.14. The van der Waals surface area contributed by atoms with Crippen LogP contribution in [0, 0.1) is 5.92 Å². The molecule has 20 heavy (non-hydrogen) atoms. The molecule has 1 saturated carbocycles. The lowest BCUT2D eigenvalue weighted by Gasteiger charge is -2.13. The van der Waals surface area contributed by atoms with Gasteiger partial charge in [-0.05, 0) is 44.2 Å². The predicted octanol–water partition coefficient (Wildman–Crippen LogP) is 2.37. The Morgan fingerprint density at radius 3 is 2.90 bits per heavy atom. The fraction of sp³-hybridized carbons (Fsp3) is 0.533. The summed E-state index contributed by atoms with van der Waals surface area (Å²) in [5.74, 6) is 1.10. The van der Waals surface area contributed by atoms with E-state index in [1.54, 1.807) is 6.07 Å². The first kappa shape index (κ1) is 14.7. The maximum absolute atomic E-state index is 11.8. The number of nitrogens with one attached hydrogen (secondary N) is 2. The summed E-state index contributed by atoms with van der Waals surface area (Å²) in [5.41, 5.74) is 0.648. The first-order chi connectivity index (χ1) is 9.70. The fourth-order valence-corrected chi connectivity index (χ4v) is 2.07. The Morgan fingerprint density at radius 1 is 1.45 bits per heavy atom. The van der Waals surface area contributed by atoms with E-state index in [1.165, 1.54) is 0 Å². The molecule has 1 aliphatic rings. The first-order valence-electron chi connectivity index (χ1n) is 7.15. The Labute approximate surface area is 119 Å². The number of hydrogen-bond donors (Lipinski definition) is 3. The van der Waals surface area contributed by atoms with Gasteiger partial charge in [-0.25, -0.2) is 4.79 Å². The summed E-state index contributed by atoms with van der Waals surface area (Å²) < 4.78 is 5.44. The number of para-hydroxylation sites is 2. The monoisotopic (exact) mass is 278 g/mol. The molecule has 110 valence electrons. The molecule has 5 heteroatoms. The first-order valence-corrected chi connectivity index (χ1v) is 7.15. The smallest absolute Gasteiger partial charge is 0.319 e. The standard InChI is InChI=1S/C15H22N2O3/c1-2-20-14-6-4-3-5-12(14)17-15(19)16-10-9-13(18)11-7-8-11/h3-6,11,13,18H,2,7-10H2,1H3,(H2,16,17,19)/t13-/m1/s1. The van der Waals surface area contributed by atoms with Crippen molar-refractivity contribution in [3.8, 4) is 5.75 Å². The molecule has 0 saturated heterocycles. The van der Waals surface area contributed by atoms with E-state index in [2.05, 4.69) is 10.6 Å². The van der Waals surface area contributed by atoms with E-state index >= 15 is 0 Å². The summed E-state index contributed by atoms with van der Waals surface area (Å²) in [6.07, 6.45) is 2.53. The summed E-state index contributed by atoms with van der Waals surface area (Å²) in [7, 11) is 0. The lowest BCUT2D eigenvalue weighted by molar-refractivity contribution is 0.142. The van der Waals surface area contributed by atoms with Gasteiger partial charge in [0.05, 0.1) is 18.4 Å². The molecule has 0 radical (unpaired) electrons. The maximum Gasteiger partial charge on any atom is 0.319 e. The summed E-state index contributed by atoms with van der Waals surface area (Å²) in [6, 6.07) is 7.04. The lowest BCUT2D eigenvalue weighted by atomic mass is 10.2. The second-order valence-electron chi connectivity index (χ2n) is 5.00. The van der Waals surface area contributed by atoms with Crippen LogP contribution in [0.3, 0.4) is 0 Å². The minimum atomic E-state index is -0.286. The second-order valence-corrected chi connectivity index (χ2v) is 5.00. The molecule has 0 aliphatic heterocycles. The van der Waals surface area contributed by atoms with Crippen LogP contribution in [0.1, 0.15) is 26.2 Å². The summed E-state index contributed by atoms with van der Waals surface area (Å²) >= 11 is 0. The zero-order valence-electron chi connectivity index (χ0n) is 11.8. The molecular weight excluding hydrogens is 256 g/mol. The summed E-state index contributed by atoms with van der Waals surface area (Å²) in [6.45, 7) is 2.92. The van der Waals surface area contributed by atoms with Crippen LogP contribution in [0.25, 0.3) is 0 Å². The molecular formula is C15H22N2O3. The molecule has 1 aliphatic carbocycles. The number of urea groups is 1. The zero-order chi connectivity index (χ0) is 14.4. The summed E-state index contributed by atoms with van der Waals surface area (Å²) in [4.78, 5) is 11.8. The van der Waals surface area contributed by atoms with E-state index in [0.717, 1.165) is 12.8 Å². The highest BCUT2D eigenvalue weighted by atomic mass is 16.5. The molecule has 1 fully saturated rings. The van der Waals surface area contributed by atoms with E-state index in [4.69, 9.17) is 4.74 Å². The van der Waals surface area contributed by atoms with Crippen LogP contribution in [0.2, 0.25) is 0 Å². The molecule has 2 amide bonds. The third kappa shape index (κ3) is 4.42. The molecule has 0 aromatic heterocycles. The van der Waals surface area contributed by atoms with E-state index in [9.17, 15) is 9.90 Å². The number of aliphatic hydroxyl groups is 1. The van der Waals surface area contributed by atoms with E-state index in [0.29, 0.717) is 36.9 Å². The molecule has 2 rings (SSSR count). The molecule has 0 heterocycles. The van der Waals surface area contributed by atoms with Gasteiger partial charge in [-0.3, -0.25) is 0 Å². The minimum Gasteiger partial charge on any atom is -0.492 e. The molecule has 3 N–H and O–H groups in total. The van der Waals surface area contributed by atoms with Gasteiger partial charge in [0, 0.05) is 6.54 Å². The minimum absolute atomic E-state index is 0.278. The van der Waals surface area contributed by atoms with Crippen molar-refractivity contribution in [1.82, 2.24) is 5.32 Å². The van der Waals surface area contributed by atoms with E-state index < -0.39 is 0 Å². The van der Waals surface area contributed by atoms with Gasteiger partial charge in [0.15, 0.2) is 0 Å².